The Morgan fingerprint density at radius 1 is 1.24 bits per heavy atom. The third kappa shape index (κ3) is 3.01. The molecule has 1 heterocycles. The summed E-state index contributed by atoms with van der Waals surface area (Å²) in [5.41, 5.74) is 5.96. The number of likely N-dealkylation sites (tertiary alicyclic amines) is 1. The molecule has 1 aliphatic heterocycles. The van der Waals surface area contributed by atoms with Gasteiger partial charge in [0.1, 0.15) is 0 Å². The molecule has 0 aromatic heterocycles. The third-order valence-corrected chi connectivity index (χ3v) is 4.50. The number of rotatable bonds is 1. The summed E-state index contributed by atoms with van der Waals surface area (Å²) in [4.78, 5) is 14.6. The van der Waals surface area contributed by atoms with Crippen LogP contribution in [0.2, 0.25) is 0 Å². The number of piperidine rings is 1. The van der Waals surface area contributed by atoms with Crippen LogP contribution in [-0.4, -0.2) is 29.9 Å². The highest BCUT2D eigenvalue weighted by Crippen LogP contribution is 2.31. The van der Waals surface area contributed by atoms with Gasteiger partial charge in [-0.25, -0.2) is 0 Å². The van der Waals surface area contributed by atoms with Gasteiger partial charge in [-0.15, -0.1) is 0 Å². The van der Waals surface area contributed by atoms with Crippen molar-refractivity contribution in [2.45, 2.75) is 52.0 Å². The summed E-state index contributed by atoms with van der Waals surface area (Å²) < 4.78 is 0. The number of nitrogens with zero attached hydrogens (tertiary/aromatic N) is 1. The Kier molecular flexibility index (Phi) is 4.08. The van der Waals surface area contributed by atoms with Gasteiger partial charge in [0, 0.05) is 25.0 Å². The second-order valence-electron chi connectivity index (χ2n) is 6.19. The van der Waals surface area contributed by atoms with Crippen molar-refractivity contribution in [1.29, 1.82) is 0 Å². The van der Waals surface area contributed by atoms with Crippen molar-refractivity contribution >= 4 is 5.91 Å². The second-order valence-corrected chi connectivity index (χ2v) is 6.19. The molecule has 1 saturated heterocycles. The molecule has 3 heteroatoms. The molecule has 2 fully saturated rings. The van der Waals surface area contributed by atoms with Gasteiger partial charge in [-0.2, -0.15) is 0 Å². The van der Waals surface area contributed by atoms with E-state index in [0.717, 1.165) is 32.4 Å². The van der Waals surface area contributed by atoms with E-state index in [4.69, 9.17) is 5.73 Å². The third-order valence-electron chi connectivity index (χ3n) is 4.50. The summed E-state index contributed by atoms with van der Waals surface area (Å²) in [5, 5.41) is 0. The van der Waals surface area contributed by atoms with Crippen LogP contribution in [0.5, 0.6) is 0 Å². The Labute approximate surface area is 105 Å². The number of hydrogen-bond acceptors (Lipinski definition) is 2. The highest BCUT2D eigenvalue weighted by molar-refractivity contribution is 5.79. The molecule has 1 saturated carbocycles. The standard InChI is InChI=1S/C14H26N2O/c1-10-4-3-7-16(9-10)14(17)13-6-5-12(15)8-11(13)2/h10-13H,3-9,15H2,1-2H3. The van der Waals surface area contributed by atoms with E-state index in [-0.39, 0.29) is 5.92 Å². The van der Waals surface area contributed by atoms with Crippen LogP contribution in [-0.2, 0) is 4.79 Å². The lowest BCUT2D eigenvalue weighted by atomic mass is 9.77. The first-order valence-electron chi connectivity index (χ1n) is 7.12. The predicted octanol–water partition coefficient (Wildman–Crippen LogP) is 2.01. The molecule has 98 valence electrons. The van der Waals surface area contributed by atoms with Crippen LogP contribution in [0.25, 0.3) is 0 Å². The molecule has 1 aliphatic carbocycles. The Bertz CT molecular complexity index is 279. The van der Waals surface area contributed by atoms with Crippen LogP contribution < -0.4 is 5.73 Å². The molecular formula is C14H26N2O. The van der Waals surface area contributed by atoms with Crippen LogP contribution in [0.4, 0.5) is 0 Å². The number of carbonyl (C=O) groups excluding carboxylic acids is 1. The minimum absolute atomic E-state index is 0.236. The molecular weight excluding hydrogens is 212 g/mol. The predicted molar refractivity (Wildman–Crippen MR) is 69.5 cm³/mol. The molecule has 4 unspecified atom stereocenters. The first kappa shape index (κ1) is 12.9. The molecule has 4 atom stereocenters. The maximum absolute atomic E-state index is 12.5. The van der Waals surface area contributed by atoms with Crippen LogP contribution in [0.15, 0.2) is 0 Å². The minimum Gasteiger partial charge on any atom is -0.342 e. The first-order chi connectivity index (χ1) is 8.08. The Balaban J connectivity index is 1.94. The van der Waals surface area contributed by atoms with Crippen LogP contribution in [0.3, 0.4) is 0 Å². The van der Waals surface area contributed by atoms with Crippen molar-refractivity contribution in [1.82, 2.24) is 4.90 Å². The molecule has 0 radical (unpaired) electrons. The van der Waals surface area contributed by atoms with Crippen molar-refractivity contribution in [2.75, 3.05) is 13.1 Å². The Morgan fingerprint density at radius 2 is 2.00 bits per heavy atom. The van der Waals surface area contributed by atoms with Crippen molar-refractivity contribution in [3.63, 3.8) is 0 Å². The average Bonchev–Trinajstić information content (AvgIpc) is 2.28. The molecule has 0 spiro atoms. The largest absolute Gasteiger partial charge is 0.342 e. The van der Waals surface area contributed by atoms with Gasteiger partial charge in [-0.3, -0.25) is 4.79 Å². The molecule has 2 aliphatic rings. The topological polar surface area (TPSA) is 46.3 Å². The average molecular weight is 238 g/mol. The molecule has 1 amide bonds. The smallest absolute Gasteiger partial charge is 0.225 e. The second kappa shape index (κ2) is 5.38. The Morgan fingerprint density at radius 3 is 2.65 bits per heavy atom. The zero-order chi connectivity index (χ0) is 12.4. The van der Waals surface area contributed by atoms with E-state index in [9.17, 15) is 4.79 Å². The zero-order valence-corrected chi connectivity index (χ0v) is 11.2. The lowest BCUT2D eigenvalue weighted by Crippen LogP contribution is -2.46. The van der Waals surface area contributed by atoms with E-state index in [1.54, 1.807) is 0 Å². The summed E-state index contributed by atoms with van der Waals surface area (Å²) in [6.45, 7) is 6.38. The van der Waals surface area contributed by atoms with Gasteiger partial charge in [0.25, 0.3) is 0 Å². The summed E-state index contributed by atoms with van der Waals surface area (Å²) >= 11 is 0. The van der Waals surface area contributed by atoms with E-state index in [2.05, 4.69) is 18.7 Å². The fourth-order valence-corrected chi connectivity index (χ4v) is 3.43. The number of nitrogens with two attached hydrogens (primary N) is 1. The SMILES string of the molecule is CC1CCCN(C(=O)C2CCC(N)CC2C)C1. The highest BCUT2D eigenvalue weighted by atomic mass is 16.2. The molecule has 0 aromatic carbocycles. The first-order valence-corrected chi connectivity index (χ1v) is 7.12. The maximum Gasteiger partial charge on any atom is 0.225 e. The van der Waals surface area contributed by atoms with Gasteiger partial charge >= 0.3 is 0 Å². The molecule has 2 N–H and O–H groups in total. The van der Waals surface area contributed by atoms with Gasteiger partial charge in [0.2, 0.25) is 5.91 Å². The van der Waals surface area contributed by atoms with E-state index in [1.165, 1.54) is 12.8 Å². The highest BCUT2D eigenvalue weighted by Gasteiger charge is 2.34. The molecule has 2 rings (SSSR count). The Hall–Kier alpha value is -0.570. The zero-order valence-electron chi connectivity index (χ0n) is 11.2. The van der Waals surface area contributed by atoms with Gasteiger partial charge < -0.3 is 10.6 Å². The van der Waals surface area contributed by atoms with Crippen LogP contribution in [0, 0.1) is 17.8 Å². The summed E-state index contributed by atoms with van der Waals surface area (Å²) in [6, 6.07) is 0.314. The van der Waals surface area contributed by atoms with Crippen molar-refractivity contribution in [3.05, 3.63) is 0 Å². The lowest BCUT2D eigenvalue weighted by Gasteiger charge is -2.38. The number of carbonyl (C=O) groups is 1. The maximum atomic E-state index is 12.5. The van der Waals surface area contributed by atoms with Gasteiger partial charge in [0.05, 0.1) is 0 Å². The van der Waals surface area contributed by atoms with Crippen molar-refractivity contribution < 1.29 is 4.79 Å². The van der Waals surface area contributed by atoms with E-state index in [1.807, 2.05) is 0 Å². The number of amides is 1. The van der Waals surface area contributed by atoms with E-state index >= 15 is 0 Å². The van der Waals surface area contributed by atoms with E-state index < -0.39 is 0 Å². The fraction of sp³-hybridized carbons (Fsp3) is 0.929. The monoisotopic (exact) mass is 238 g/mol. The lowest BCUT2D eigenvalue weighted by molar-refractivity contribution is -0.140. The summed E-state index contributed by atoms with van der Waals surface area (Å²) in [5.74, 6) is 1.77. The summed E-state index contributed by atoms with van der Waals surface area (Å²) in [7, 11) is 0. The minimum atomic E-state index is 0.236. The summed E-state index contributed by atoms with van der Waals surface area (Å²) in [6.07, 6.45) is 5.47. The molecule has 0 bridgehead atoms. The van der Waals surface area contributed by atoms with Gasteiger partial charge in [-0.05, 0) is 43.9 Å². The van der Waals surface area contributed by atoms with Crippen LogP contribution in [0.1, 0.15) is 46.0 Å². The molecule has 17 heavy (non-hydrogen) atoms. The van der Waals surface area contributed by atoms with Gasteiger partial charge in [-0.1, -0.05) is 13.8 Å². The van der Waals surface area contributed by atoms with Gasteiger partial charge in [0.15, 0.2) is 0 Å². The van der Waals surface area contributed by atoms with Crippen molar-refractivity contribution in [3.8, 4) is 0 Å². The van der Waals surface area contributed by atoms with E-state index in [0.29, 0.717) is 23.8 Å². The molecule has 3 nitrogen and oxygen atoms in total. The van der Waals surface area contributed by atoms with Crippen LogP contribution >= 0.6 is 0 Å². The number of hydrogen-bond donors (Lipinski definition) is 1. The fourth-order valence-electron chi connectivity index (χ4n) is 3.43. The normalized spacial score (nSPS) is 39.1. The quantitative estimate of drug-likeness (QED) is 0.759. The molecule has 0 aromatic rings. The van der Waals surface area contributed by atoms with Crippen molar-refractivity contribution in [2.24, 2.45) is 23.5 Å².